The Bertz CT molecular complexity index is 966. The number of halogens is 3. The molecule has 12 heteroatoms. The van der Waals surface area contributed by atoms with Crippen LogP contribution in [0.1, 0.15) is 33.5 Å². The zero-order valence-corrected chi connectivity index (χ0v) is 14.4. The highest BCUT2D eigenvalue weighted by Crippen LogP contribution is 2.30. The van der Waals surface area contributed by atoms with Gasteiger partial charge in [-0.1, -0.05) is 5.16 Å². The average molecular weight is 384 g/mol. The zero-order valence-electron chi connectivity index (χ0n) is 14.4. The number of rotatable bonds is 6. The molecule has 0 aliphatic rings. The van der Waals surface area contributed by atoms with E-state index in [2.05, 4.69) is 25.5 Å². The maximum absolute atomic E-state index is 13.1. The lowest BCUT2D eigenvalue weighted by Crippen LogP contribution is -2.23. The number of nitrogens with one attached hydrogen (secondary N) is 1. The van der Waals surface area contributed by atoms with Crippen LogP contribution in [0.2, 0.25) is 0 Å². The van der Waals surface area contributed by atoms with Gasteiger partial charge in [-0.2, -0.15) is 23.3 Å². The fourth-order valence-electron chi connectivity index (χ4n) is 2.35. The Kier molecular flexibility index (Phi) is 5.08. The van der Waals surface area contributed by atoms with E-state index in [1.807, 2.05) is 0 Å². The number of amides is 1. The molecule has 3 rings (SSSR count). The summed E-state index contributed by atoms with van der Waals surface area (Å²) in [6, 6.07) is 0.863. The van der Waals surface area contributed by atoms with Crippen LogP contribution in [0, 0.1) is 6.92 Å². The van der Waals surface area contributed by atoms with Crippen molar-refractivity contribution in [2.45, 2.75) is 26.1 Å². The molecule has 0 saturated heterocycles. The van der Waals surface area contributed by atoms with E-state index < -0.39 is 17.8 Å². The van der Waals surface area contributed by atoms with Crippen molar-refractivity contribution in [2.24, 2.45) is 0 Å². The summed E-state index contributed by atoms with van der Waals surface area (Å²) in [7, 11) is 1.54. The lowest BCUT2D eigenvalue weighted by Gasteiger charge is -2.09. The summed E-state index contributed by atoms with van der Waals surface area (Å²) < 4.78 is 49.9. The Morgan fingerprint density at radius 1 is 1.37 bits per heavy atom. The van der Waals surface area contributed by atoms with Gasteiger partial charge < -0.3 is 14.6 Å². The van der Waals surface area contributed by atoms with Crippen LogP contribution in [0.4, 0.5) is 13.2 Å². The van der Waals surface area contributed by atoms with E-state index in [4.69, 9.17) is 9.26 Å². The van der Waals surface area contributed by atoms with E-state index in [1.54, 1.807) is 0 Å². The molecule has 144 valence electrons. The van der Waals surface area contributed by atoms with Gasteiger partial charge in [0.25, 0.3) is 5.91 Å². The molecule has 9 nitrogen and oxygen atoms in total. The maximum Gasteiger partial charge on any atom is 0.433 e. The van der Waals surface area contributed by atoms with Crippen LogP contribution in [-0.2, 0) is 23.9 Å². The highest BCUT2D eigenvalue weighted by Gasteiger charge is 2.35. The third-order valence-corrected chi connectivity index (χ3v) is 3.58. The molecular weight excluding hydrogens is 369 g/mol. The van der Waals surface area contributed by atoms with Gasteiger partial charge in [0.2, 0.25) is 5.89 Å². The second kappa shape index (κ2) is 7.31. The number of carbonyl (C=O) groups excluding carboxylic acids is 1. The summed E-state index contributed by atoms with van der Waals surface area (Å²) in [5.41, 5.74) is -1.18. The first-order valence-electron chi connectivity index (χ1n) is 7.80. The fraction of sp³-hybridized carbons (Fsp3) is 0.400. The first kappa shape index (κ1) is 18.8. The number of alkyl halides is 3. The molecule has 27 heavy (non-hydrogen) atoms. The molecule has 0 fully saturated rings. The van der Waals surface area contributed by atoms with Crippen LogP contribution in [0.3, 0.4) is 0 Å². The van der Waals surface area contributed by atoms with Crippen molar-refractivity contribution in [2.75, 3.05) is 13.7 Å². The van der Waals surface area contributed by atoms with Crippen molar-refractivity contribution in [1.82, 2.24) is 30.1 Å². The number of methoxy groups -OCH3 is 1. The minimum atomic E-state index is -4.63. The summed E-state index contributed by atoms with van der Waals surface area (Å²) in [5, 5.41) is 9.87. The molecule has 3 aromatic rings. The van der Waals surface area contributed by atoms with Gasteiger partial charge in [0, 0.05) is 19.2 Å². The minimum absolute atomic E-state index is 0.0892. The Morgan fingerprint density at radius 2 is 2.15 bits per heavy atom. The molecular formula is C15H15F3N6O3. The first-order chi connectivity index (χ1) is 12.8. The number of carbonyl (C=O) groups is 1. The van der Waals surface area contributed by atoms with Crippen molar-refractivity contribution in [1.29, 1.82) is 0 Å². The van der Waals surface area contributed by atoms with Gasteiger partial charge in [-0.3, -0.25) is 4.79 Å². The van der Waals surface area contributed by atoms with Crippen molar-refractivity contribution >= 4 is 11.6 Å². The van der Waals surface area contributed by atoms with Crippen molar-refractivity contribution in [3.8, 4) is 0 Å². The lowest BCUT2D eigenvalue weighted by atomic mass is 10.2. The van der Waals surface area contributed by atoms with Crippen molar-refractivity contribution in [3.63, 3.8) is 0 Å². The van der Waals surface area contributed by atoms with Gasteiger partial charge in [-0.15, -0.1) is 0 Å². The second-order valence-corrected chi connectivity index (χ2v) is 5.60. The van der Waals surface area contributed by atoms with E-state index >= 15 is 0 Å². The third kappa shape index (κ3) is 4.05. The van der Waals surface area contributed by atoms with Crippen LogP contribution in [-0.4, -0.2) is 44.4 Å². The standard InChI is InChI=1S/C15H15F3N6O3/c1-8-5-10(15(16,17)18)24-13(21-8)9(6-20-24)14(25)19-7-12-22-11(23-27-12)3-4-26-2/h5-6H,3-4,7H2,1-2H3,(H,19,25). The van der Waals surface area contributed by atoms with Crippen LogP contribution < -0.4 is 5.32 Å². The molecule has 0 unspecified atom stereocenters. The summed E-state index contributed by atoms with van der Waals surface area (Å²) >= 11 is 0. The smallest absolute Gasteiger partial charge is 0.384 e. The summed E-state index contributed by atoms with van der Waals surface area (Å²) in [5.74, 6) is -0.0805. The molecule has 0 aliphatic heterocycles. The van der Waals surface area contributed by atoms with E-state index in [0.717, 1.165) is 12.3 Å². The third-order valence-electron chi connectivity index (χ3n) is 3.58. The highest BCUT2D eigenvalue weighted by molar-refractivity contribution is 5.99. The van der Waals surface area contributed by atoms with Gasteiger partial charge in [0.05, 0.1) is 19.3 Å². The van der Waals surface area contributed by atoms with E-state index in [-0.39, 0.29) is 29.3 Å². The van der Waals surface area contributed by atoms with E-state index in [0.29, 0.717) is 23.4 Å². The van der Waals surface area contributed by atoms with Gasteiger partial charge in [-0.25, -0.2) is 9.50 Å². The Hall–Kier alpha value is -3.02. The Morgan fingerprint density at radius 3 is 2.85 bits per heavy atom. The molecule has 3 heterocycles. The molecule has 0 saturated carbocycles. The molecule has 1 amide bonds. The van der Waals surface area contributed by atoms with E-state index in [1.165, 1.54) is 14.0 Å². The average Bonchev–Trinajstić information content (AvgIpc) is 3.23. The molecule has 3 aromatic heterocycles. The number of nitrogens with zero attached hydrogens (tertiary/aromatic N) is 5. The lowest BCUT2D eigenvalue weighted by molar-refractivity contribution is -0.142. The number of aromatic nitrogens is 5. The number of hydrogen-bond donors (Lipinski definition) is 1. The zero-order chi connectivity index (χ0) is 19.6. The first-order valence-corrected chi connectivity index (χ1v) is 7.80. The predicted molar refractivity (Wildman–Crippen MR) is 83.8 cm³/mol. The number of aryl methyl sites for hydroxylation is 1. The molecule has 0 aliphatic carbocycles. The molecule has 1 N–H and O–H groups in total. The topological polar surface area (TPSA) is 107 Å². The molecule has 0 spiro atoms. The van der Waals surface area contributed by atoms with Crippen LogP contribution >= 0.6 is 0 Å². The molecule has 0 aromatic carbocycles. The normalized spacial score (nSPS) is 11.9. The predicted octanol–water partition coefficient (Wildman–Crippen LogP) is 1.56. The molecule has 0 bridgehead atoms. The van der Waals surface area contributed by atoms with Crippen molar-refractivity contribution < 1.29 is 27.2 Å². The van der Waals surface area contributed by atoms with Crippen LogP contribution in [0.15, 0.2) is 16.8 Å². The van der Waals surface area contributed by atoms with Crippen molar-refractivity contribution in [3.05, 3.63) is 40.9 Å². The summed E-state index contributed by atoms with van der Waals surface area (Å²) in [4.78, 5) is 20.4. The monoisotopic (exact) mass is 384 g/mol. The second-order valence-electron chi connectivity index (χ2n) is 5.60. The van der Waals surface area contributed by atoms with Crippen LogP contribution in [0.25, 0.3) is 5.65 Å². The highest BCUT2D eigenvalue weighted by atomic mass is 19.4. The fourth-order valence-corrected chi connectivity index (χ4v) is 2.35. The maximum atomic E-state index is 13.1. The molecule has 0 atom stereocenters. The SMILES string of the molecule is COCCc1noc(CNC(=O)c2cnn3c(C(F)(F)F)cc(C)nc23)n1. The Labute approximate surface area is 150 Å². The minimum Gasteiger partial charge on any atom is -0.384 e. The van der Waals surface area contributed by atoms with Crippen LogP contribution in [0.5, 0.6) is 0 Å². The van der Waals surface area contributed by atoms with E-state index in [9.17, 15) is 18.0 Å². The molecule has 0 radical (unpaired) electrons. The number of hydrogen-bond acceptors (Lipinski definition) is 7. The summed E-state index contributed by atoms with van der Waals surface area (Å²) in [6.07, 6.45) is -3.15. The van der Waals surface area contributed by atoms with Gasteiger partial charge in [0.1, 0.15) is 11.3 Å². The van der Waals surface area contributed by atoms with Gasteiger partial charge >= 0.3 is 6.18 Å². The quantitative estimate of drug-likeness (QED) is 0.687. The Balaban J connectivity index is 1.78. The summed E-state index contributed by atoms with van der Waals surface area (Å²) in [6.45, 7) is 1.73. The van der Waals surface area contributed by atoms with Gasteiger partial charge in [0.15, 0.2) is 11.5 Å². The van der Waals surface area contributed by atoms with Gasteiger partial charge in [-0.05, 0) is 13.0 Å². The number of ether oxygens (including phenoxy) is 1. The number of fused-ring (bicyclic) bond motifs is 1. The largest absolute Gasteiger partial charge is 0.433 e.